The molecule has 9 nitrogen and oxygen atoms in total. The maximum Gasteiger partial charge on any atom is 0.237 e. The highest BCUT2D eigenvalue weighted by Gasteiger charge is 2.43. The minimum atomic E-state index is 0.247. The predicted molar refractivity (Wildman–Crippen MR) is 124 cm³/mol. The highest BCUT2D eigenvalue weighted by molar-refractivity contribution is 7.17. The lowest BCUT2D eigenvalue weighted by atomic mass is 9.97. The molecule has 31 heavy (non-hydrogen) atoms. The SMILES string of the molecule is CC1CC(=Nc2nc(NC3C[C@H]4CC[C@@H](C3)N4C(=O)CN(C)C)nc3ccsc23)NN1. The van der Waals surface area contributed by atoms with Crippen LogP contribution in [0.4, 0.5) is 11.8 Å². The van der Waals surface area contributed by atoms with Crippen LogP contribution < -0.4 is 16.2 Å². The molecule has 3 saturated heterocycles. The molecule has 3 fully saturated rings. The van der Waals surface area contributed by atoms with Gasteiger partial charge in [0.25, 0.3) is 0 Å². The van der Waals surface area contributed by atoms with Gasteiger partial charge in [-0.05, 0) is 58.1 Å². The fraction of sp³-hybridized carbons (Fsp3) is 0.619. The van der Waals surface area contributed by atoms with Crippen LogP contribution in [-0.2, 0) is 4.79 Å². The van der Waals surface area contributed by atoms with Crippen LogP contribution in [0.1, 0.15) is 39.0 Å². The summed E-state index contributed by atoms with van der Waals surface area (Å²) in [5.74, 6) is 2.48. The van der Waals surface area contributed by atoms with Crippen molar-refractivity contribution >= 4 is 45.1 Å². The number of rotatable bonds is 5. The summed E-state index contributed by atoms with van der Waals surface area (Å²) in [7, 11) is 3.90. The molecule has 4 atom stereocenters. The number of amides is 1. The number of carbonyl (C=O) groups is 1. The molecule has 10 heteroatoms. The standard InChI is InChI=1S/C21H30N8OS/c1-12-8-17(27-26-12)24-20-19-16(6-7-31-19)23-21(25-20)22-13-9-14-4-5-15(10-13)29(14)18(30)11-28(2)3/h6-7,12-15,26H,4-5,8-11H2,1-3H3,(H2,22,23,24,25,27)/t12?,13?,14-,15+. The average molecular weight is 443 g/mol. The lowest BCUT2D eigenvalue weighted by Crippen LogP contribution is -2.52. The van der Waals surface area contributed by atoms with Crippen LogP contribution in [0, 0.1) is 0 Å². The van der Waals surface area contributed by atoms with Crippen molar-refractivity contribution in [2.45, 2.75) is 63.2 Å². The van der Waals surface area contributed by atoms with E-state index in [0.717, 1.165) is 48.2 Å². The number of amidine groups is 1. The molecule has 0 radical (unpaired) electrons. The molecule has 3 N–H and O–H groups in total. The number of hydrogen-bond acceptors (Lipinski definition) is 8. The van der Waals surface area contributed by atoms with Gasteiger partial charge < -0.3 is 20.5 Å². The van der Waals surface area contributed by atoms with E-state index in [1.54, 1.807) is 11.3 Å². The van der Waals surface area contributed by atoms with Crippen LogP contribution in [0.2, 0.25) is 0 Å². The average Bonchev–Trinajstić information content (AvgIpc) is 3.40. The van der Waals surface area contributed by atoms with Gasteiger partial charge in [-0.3, -0.25) is 4.79 Å². The second kappa shape index (κ2) is 8.33. The molecule has 2 unspecified atom stereocenters. The molecule has 5 rings (SSSR count). The molecule has 1 amide bonds. The number of aliphatic imine (C=N–C) groups is 1. The van der Waals surface area contributed by atoms with Crippen molar-refractivity contribution in [3.63, 3.8) is 0 Å². The number of thiophene rings is 1. The first-order chi connectivity index (χ1) is 15.0. The molecule has 0 saturated carbocycles. The van der Waals surface area contributed by atoms with E-state index in [0.29, 0.717) is 36.4 Å². The number of hydrogen-bond donors (Lipinski definition) is 3. The van der Waals surface area contributed by atoms with Crippen molar-refractivity contribution in [3.05, 3.63) is 11.4 Å². The monoisotopic (exact) mass is 442 g/mol. The maximum atomic E-state index is 12.7. The Morgan fingerprint density at radius 3 is 2.77 bits per heavy atom. The Bertz CT molecular complexity index is 990. The van der Waals surface area contributed by atoms with Gasteiger partial charge in [0.15, 0.2) is 5.82 Å². The van der Waals surface area contributed by atoms with Gasteiger partial charge in [0.2, 0.25) is 11.9 Å². The van der Waals surface area contributed by atoms with Gasteiger partial charge in [0.05, 0.1) is 16.8 Å². The van der Waals surface area contributed by atoms with E-state index in [1.165, 1.54) is 0 Å². The van der Waals surface area contributed by atoms with Crippen molar-refractivity contribution < 1.29 is 4.79 Å². The third kappa shape index (κ3) is 4.24. The Morgan fingerprint density at radius 2 is 2.10 bits per heavy atom. The van der Waals surface area contributed by atoms with E-state index in [9.17, 15) is 4.79 Å². The molecule has 0 aliphatic carbocycles. The van der Waals surface area contributed by atoms with Crippen molar-refractivity contribution in [2.75, 3.05) is 26.0 Å². The molecule has 0 aromatic carbocycles. The van der Waals surface area contributed by atoms with Crippen LogP contribution >= 0.6 is 11.3 Å². The predicted octanol–water partition coefficient (Wildman–Crippen LogP) is 2.10. The fourth-order valence-electron chi connectivity index (χ4n) is 5.03. The fourth-order valence-corrected chi connectivity index (χ4v) is 5.79. The first-order valence-corrected chi connectivity index (χ1v) is 11.9. The van der Waals surface area contributed by atoms with E-state index in [1.807, 2.05) is 30.4 Å². The number of aromatic nitrogens is 2. The van der Waals surface area contributed by atoms with Crippen LogP contribution in [0.15, 0.2) is 16.4 Å². The Hall–Kier alpha value is -2.30. The second-order valence-corrected chi connectivity index (χ2v) is 10.1. The summed E-state index contributed by atoms with van der Waals surface area (Å²) >= 11 is 1.62. The topological polar surface area (TPSA) is 97.8 Å². The van der Waals surface area contributed by atoms with Crippen molar-refractivity contribution in [2.24, 2.45) is 4.99 Å². The molecule has 5 heterocycles. The molecule has 0 spiro atoms. The molecular weight excluding hydrogens is 412 g/mol. The third-order valence-corrected chi connectivity index (χ3v) is 7.19. The lowest BCUT2D eigenvalue weighted by molar-refractivity contribution is -0.136. The molecule has 2 aromatic rings. The van der Waals surface area contributed by atoms with E-state index < -0.39 is 0 Å². The van der Waals surface area contributed by atoms with Gasteiger partial charge in [-0.25, -0.2) is 15.4 Å². The Labute approximate surface area is 186 Å². The van der Waals surface area contributed by atoms with Crippen molar-refractivity contribution in [1.29, 1.82) is 0 Å². The summed E-state index contributed by atoms with van der Waals surface area (Å²) in [6.45, 7) is 2.60. The van der Waals surface area contributed by atoms with Crippen LogP contribution in [0.5, 0.6) is 0 Å². The number of piperidine rings is 1. The highest BCUT2D eigenvalue weighted by Crippen LogP contribution is 2.37. The Balaban J connectivity index is 1.33. The van der Waals surface area contributed by atoms with Gasteiger partial charge in [-0.15, -0.1) is 11.3 Å². The molecule has 3 aliphatic heterocycles. The minimum Gasteiger partial charge on any atom is -0.351 e. The van der Waals surface area contributed by atoms with E-state index >= 15 is 0 Å². The van der Waals surface area contributed by atoms with Crippen LogP contribution in [0.3, 0.4) is 0 Å². The highest BCUT2D eigenvalue weighted by atomic mass is 32.1. The number of hydrazine groups is 1. The van der Waals surface area contributed by atoms with Crippen LogP contribution in [-0.4, -0.2) is 76.3 Å². The number of carbonyl (C=O) groups excluding carboxylic acids is 1. The summed E-state index contributed by atoms with van der Waals surface area (Å²) in [5, 5.41) is 5.60. The summed E-state index contributed by atoms with van der Waals surface area (Å²) in [6, 6.07) is 3.26. The van der Waals surface area contributed by atoms with Crippen molar-refractivity contribution in [3.8, 4) is 0 Å². The van der Waals surface area contributed by atoms with Gasteiger partial charge in [-0.2, -0.15) is 4.98 Å². The normalized spacial score (nSPS) is 29.2. The van der Waals surface area contributed by atoms with Crippen molar-refractivity contribution in [1.82, 2.24) is 30.6 Å². The molecular formula is C21H30N8OS. The van der Waals surface area contributed by atoms with Gasteiger partial charge in [-0.1, -0.05) is 0 Å². The summed E-state index contributed by atoms with van der Waals surface area (Å²) < 4.78 is 1.00. The number of fused-ring (bicyclic) bond motifs is 3. The summed E-state index contributed by atoms with van der Waals surface area (Å²) in [4.78, 5) is 31.1. The number of anilines is 1. The number of nitrogens with zero attached hydrogens (tertiary/aromatic N) is 5. The second-order valence-electron chi connectivity index (χ2n) is 9.18. The minimum absolute atomic E-state index is 0.247. The number of likely N-dealkylation sites (N-methyl/N-ethyl adjacent to an activating group) is 1. The third-order valence-electron chi connectivity index (χ3n) is 6.29. The molecule has 2 bridgehead atoms. The van der Waals surface area contributed by atoms with E-state index in [-0.39, 0.29) is 11.9 Å². The van der Waals surface area contributed by atoms with Gasteiger partial charge in [0, 0.05) is 30.6 Å². The zero-order valence-electron chi connectivity index (χ0n) is 18.3. The van der Waals surface area contributed by atoms with E-state index in [2.05, 4.69) is 28.0 Å². The first kappa shape index (κ1) is 20.6. The van der Waals surface area contributed by atoms with E-state index in [4.69, 9.17) is 15.0 Å². The number of nitrogens with one attached hydrogen (secondary N) is 3. The summed E-state index contributed by atoms with van der Waals surface area (Å²) in [6.07, 6.45) is 4.90. The maximum absolute atomic E-state index is 12.7. The molecule has 2 aromatic heterocycles. The zero-order chi connectivity index (χ0) is 21.5. The van der Waals surface area contributed by atoms with Gasteiger partial charge >= 0.3 is 0 Å². The Morgan fingerprint density at radius 1 is 1.32 bits per heavy atom. The van der Waals surface area contributed by atoms with Gasteiger partial charge in [0.1, 0.15) is 5.84 Å². The smallest absolute Gasteiger partial charge is 0.237 e. The zero-order valence-corrected chi connectivity index (χ0v) is 19.1. The lowest BCUT2D eigenvalue weighted by Gasteiger charge is -2.39. The quantitative estimate of drug-likeness (QED) is 0.652. The Kier molecular flexibility index (Phi) is 5.53. The molecule has 3 aliphatic rings. The molecule has 166 valence electrons. The summed E-state index contributed by atoms with van der Waals surface area (Å²) in [5.41, 5.74) is 7.25. The first-order valence-electron chi connectivity index (χ1n) is 11.0. The van der Waals surface area contributed by atoms with Crippen LogP contribution in [0.25, 0.3) is 10.2 Å². The largest absolute Gasteiger partial charge is 0.351 e.